The molecule has 8 nitrogen and oxygen atoms in total. The molecule has 5 atom stereocenters. The number of hydrogen-bond donors (Lipinski definition) is 7. The minimum Gasteiger partial charge on any atom is -0.394 e. The van der Waals surface area contributed by atoms with Gasteiger partial charge in [0.25, 0.3) is 5.91 Å². The summed E-state index contributed by atoms with van der Waals surface area (Å²) in [7, 11) is 0. The summed E-state index contributed by atoms with van der Waals surface area (Å²) >= 11 is 0. The van der Waals surface area contributed by atoms with Gasteiger partial charge in [-0.1, -0.05) is 30.3 Å². The van der Waals surface area contributed by atoms with Crippen LogP contribution in [0, 0.1) is 0 Å². The van der Waals surface area contributed by atoms with Gasteiger partial charge in [-0.3, -0.25) is 4.79 Å². The average molecular weight is 329 g/mol. The van der Waals surface area contributed by atoms with Gasteiger partial charge < -0.3 is 36.0 Å². The second-order valence-electron chi connectivity index (χ2n) is 5.19. The van der Waals surface area contributed by atoms with Crippen LogP contribution < -0.4 is 5.32 Å². The van der Waals surface area contributed by atoms with Crippen molar-refractivity contribution in [2.75, 3.05) is 13.2 Å². The van der Waals surface area contributed by atoms with Crippen molar-refractivity contribution in [1.82, 2.24) is 5.32 Å². The zero-order valence-electron chi connectivity index (χ0n) is 12.5. The maximum Gasteiger partial charge on any atom is 0.251 e. The molecule has 1 rings (SSSR count). The molecule has 0 spiro atoms. The van der Waals surface area contributed by atoms with Crippen molar-refractivity contribution in [3.63, 3.8) is 0 Å². The predicted molar refractivity (Wildman–Crippen MR) is 80.3 cm³/mol. The summed E-state index contributed by atoms with van der Waals surface area (Å²) in [6.07, 6.45) is -9.07. The monoisotopic (exact) mass is 329 g/mol. The standard InChI is InChI=1S/C15H23NO7/c17-8-10(18)11(19)12(20)13(21)14(22)15(23)16-7-6-9-4-2-1-3-5-9/h1-5,10-14,17-22H,6-8H2,(H,16,23)/t10-,11-,12+,13+,14+/m0/s1. The maximum absolute atomic E-state index is 11.7. The fourth-order valence-electron chi connectivity index (χ4n) is 1.96. The number of benzene rings is 1. The summed E-state index contributed by atoms with van der Waals surface area (Å²) in [5, 5.41) is 58.6. The summed E-state index contributed by atoms with van der Waals surface area (Å²) in [5.41, 5.74) is 0.976. The Morgan fingerprint density at radius 3 is 2.13 bits per heavy atom. The second kappa shape index (κ2) is 9.56. The molecule has 0 saturated carbocycles. The average Bonchev–Trinajstić information content (AvgIpc) is 2.59. The zero-order valence-corrected chi connectivity index (χ0v) is 12.5. The van der Waals surface area contributed by atoms with Gasteiger partial charge >= 0.3 is 0 Å². The largest absolute Gasteiger partial charge is 0.394 e. The normalized spacial score (nSPS) is 17.8. The lowest BCUT2D eigenvalue weighted by Crippen LogP contribution is -2.54. The van der Waals surface area contributed by atoms with Crippen LogP contribution in [0.3, 0.4) is 0 Å². The molecule has 0 aliphatic heterocycles. The Balaban J connectivity index is 2.45. The minimum atomic E-state index is -2.01. The number of nitrogens with one attached hydrogen (secondary N) is 1. The number of hydrogen-bond acceptors (Lipinski definition) is 7. The van der Waals surface area contributed by atoms with Crippen LogP contribution in [0.5, 0.6) is 0 Å². The number of aliphatic hydroxyl groups is 6. The molecule has 0 unspecified atom stereocenters. The van der Waals surface area contributed by atoms with Crippen molar-refractivity contribution >= 4 is 5.91 Å². The summed E-state index contributed by atoms with van der Waals surface area (Å²) in [5.74, 6) is -0.918. The molecule has 1 amide bonds. The van der Waals surface area contributed by atoms with Crippen molar-refractivity contribution in [2.45, 2.75) is 36.9 Å². The Hall–Kier alpha value is -1.55. The van der Waals surface area contributed by atoms with Gasteiger partial charge in [-0.25, -0.2) is 0 Å². The van der Waals surface area contributed by atoms with Crippen LogP contribution in [0.15, 0.2) is 30.3 Å². The summed E-state index contributed by atoms with van der Waals surface area (Å²) < 4.78 is 0. The molecule has 0 radical (unpaired) electrons. The lowest BCUT2D eigenvalue weighted by molar-refractivity contribution is -0.156. The highest BCUT2D eigenvalue weighted by atomic mass is 16.4. The number of amides is 1. The van der Waals surface area contributed by atoms with Crippen molar-refractivity contribution in [2.24, 2.45) is 0 Å². The van der Waals surface area contributed by atoms with Crippen LogP contribution in [0.25, 0.3) is 0 Å². The smallest absolute Gasteiger partial charge is 0.251 e. The third-order valence-electron chi connectivity index (χ3n) is 3.43. The zero-order chi connectivity index (χ0) is 17.4. The van der Waals surface area contributed by atoms with Crippen LogP contribution in [0.1, 0.15) is 5.56 Å². The van der Waals surface area contributed by atoms with E-state index in [2.05, 4.69) is 5.32 Å². The predicted octanol–water partition coefficient (Wildman–Crippen LogP) is -2.86. The van der Waals surface area contributed by atoms with Crippen LogP contribution in [0.4, 0.5) is 0 Å². The molecule has 1 aromatic rings. The fourth-order valence-corrected chi connectivity index (χ4v) is 1.96. The van der Waals surface area contributed by atoms with Crippen molar-refractivity contribution in [3.05, 3.63) is 35.9 Å². The van der Waals surface area contributed by atoms with Crippen LogP contribution >= 0.6 is 0 Å². The quantitative estimate of drug-likeness (QED) is 0.257. The van der Waals surface area contributed by atoms with E-state index in [9.17, 15) is 30.3 Å². The van der Waals surface area contributed by atoms with Gasteiger partial charge in [0.05, 0.1) is 6.61 Å². The molecule has 0 heterocycles. The van der Waals surface area contributed by atoms with Crippen molar-refractivity contribution in [3.8, 4) is 0 Å². The van der Waals surface area contributed by atoms with Gasteiger partial charge in [0.2, 0.25) is 0 Å². The summed E-state index contributed by atoms with van der Waals surface area (Å²) in [4.78, 5) is 11.7. The number of carbonyl (C=O) groups is 1. The first-order valence-electron chi connectivity index (χ1n) is 7.21. The Morgan fingerprint density at radius 1 is 0.957 bits per heavy atom. The first-order chi connectivity index (χ1) is 10.9. The molecule has 0 fully saturated rings. The molecule has 0 aliphatic carbocycles. The van der Waals surface area contributed by atoms with Gasteiger partial charge in [-0.2, -0.15) is 0 Å². The lowest BCUT2D eigenvalue weighted by atomic mass is 9.99. The van der Waals surface area contributed by atoms with E-state index in [4.69, 9.17) is 5.11 Å². The van der Waals surface area contributed by atoms with Crippen LogP contribution in [-0.2, 0) is 11.2 Å². The van der Waals surface area contributed by atoms with E-state index in [1.807, 2.05) is 30.3 Å². The minimum absolute atomic E-state index is 0.213. The Kier molecular flexibility index (Phi) is 8.10. The van der Waals surface area contributed by atoms with E-state index in [0.717, 1.165) is 5.56 Å². The summed E-state index contributed by atoms with van der Waals surface area (Å²) in [6.45, 7) is -0.630. The molecule has 1 aromatic carbocycles. The lowest BCUT2D eigenvalue weighted by Gasteiger charge is -2.27. The number of rotatable bonds is 9. The molecule has 0 aliphatic rings. The van der Waals surface area contributed by atoms with E-state index in [-0.39, 0.29) is 6.54 Å². The Bertz CT molecular complexity index is 470. The molecule has 0 saturated heterocycles. The molecule has 130 valence electrons. The molecular weight excluding hydrogens is 306 g/mol. The first kappa shape index (κ1) is 19.5. The first-order valence-corrected chi connectivity index (χ1v) is 7.21. The SMILES string of the molecule is O=C(NCCc1ccccc1)[C@H](O)[C@H](O)[C@H](O)[C@@H](O)[C@@H](O)CO. The van der Waals surface area contributed by atoms with Crippen LogP contribution in [-0.4, -0.2) is 80.2 Å². The van der Waals surface area contributed by atoms with Gasteiger partial charge in [0.1, 0.15) is 24.4 Å². The third kappa shape index (κ3) is 5.87. The van der Waals surface area contributed by atoms with Gasteiger partial charge in [-0.05, 0) is 12.0 Å². The molecule has 23 heavy (non-hydrogen) atoms. The Labute approximate surface area is 133 Å². The third-order valence-corrected chi connectivity index (χ3v) is 3.43. The van der Waals surface area contributed by atoms with Crippen LogP contribution in [0.2, 0.25) is 0 Å². The van der Waals surface area contributed by atoms with Gasteiger partial charge in [0.15, 0.2) is 6.10 Å². The summed E-state index contributed by atoms with van der Waals surface area (Å²) in [6, 6.07) is 9.29. The fraction of sp³-hybridized carbons (Fsp3) is 0.533. The second-order valence-corrected chi connectivity index (χ2v) is 5.19. The maximum atomic E-state index is 11.7. The molecule has 0 bridgehead atoms. The molecule has 7 N–H and O–H groups in total. The van der Waals surface area contributed by atoms with E-state index in [1.165, 1.54) is 0 Å². The van der Waals surface area contributed by atoms with Gasteiger partial charge in [-0.15, -0.1) is 0 Å². The molecule has 8 heteroatoms. The van der Waals surface area contributed by atoms with Crippen molar-refractivity contribution in [1.29, 1.82) is 0 Å². The highest BCUT2D eigenvalue weighted by Crippen LogP contribution is 2.09. The topological polar surface area (TPSA) is 150 Å². The number of aliphatic hydroxyl groups excluding tert-OH is 6. The Morgan fingerprint density at radius 2 is 1.57 bits per heavy atom. The highest BCUT2D eigenvalue weighted by molar-refractivity contribution is 5.81. The molecule has 0 aromatic heterocycles. The molecular formula is C15H23NO7. The highest BCUT2D eigenvalue weighted by Gasteiger charge is 2.36. The van der Waals surface area contributed by atoms with E-state index >= 15 is 0 Å². The van der Waals surface area contributed by atoms with Gasteiger partial charge in [0, 0.05) is 6.54 Å². The van der Waals surface area contributed by atoms with E-state index in [1.54, 1.807) is 0 Å². The van der Waals surface area contributed by atoms with E-state index < -0.39 is 43.0 Å². The van der Waals surface area contributed by atoms with E-state index in [0.29, 0.717) is 6.42 Å². The van der Waals surface area contributed by atoms with Crippen molar-refractivity contribution < 1.29 is 35.4 Å². The number of carbonyl (C=O) groups excluding carboxylic acids is 1.